The SMILES string of the molecule is CCOC(=O)C(=O)N1CCCC(Oc2cncc(OC)n2)C1. The lowest BCUT2D eigenvalue weighted by Crippen LogP contribution is -2.47. The first kappa shape index (κ1) is 16.0. The smallest absolute Gasteiger partial charge is 0.397 e. The highest BCUT2D eigenvalue weighted by molar-refractivity contribution is 6.32. The lowest BCUT2D eigenvalue weighted by molar-refractivity contribution is -0.161. The predicted molar refractivity (Wildman–Crippen MR) is 75.4 cm³/mol. The average molecular weight is 309 g/mol. The molecule has 0 aromatic carbocycles. The topological polar surface area (TPSA) is 90.9 Å². The van der Waals surface area contributed by atoms with E-state index in [9.17, 15) is 9.59 Å². The molecule has 0 aliphatic carbocycles. The summed E-state index contributed by atoms with van der Waals surface area (Å²) in [5, 5.41) is 0. The molecule has 120 valence electrons. The summed E-state index contributed by atoms with van der Waals surface area (Å²) in [6, 6.07) is 0. The third kappa shape index (κ3) is 4.06. The standard InChI is InChI=1S/C14H19N3O5/c1-3-21-14(19)13(18)17-6-4-5-10(9-17)22-12-8-15-7-11(16-12)20-2/h7-8,10H,3-6,9H2,1-2H3. The molecule has 1 aliphatic heterocycles. The van der Waals surface area contributed by atoms with E-state index in [4.69, 9.17) is 14.2 Å². The summed E-state index contributed by atoms with van der Waals surface area (Å²) in [6.07, 6.45) is 4.23. The van der Waals surface area contributed by atoms with Crippen LogP contribution in [0.5, 0.6) is 11.8 Å². The van der Waals surface area contributed by atoms with Crippen molar-refractivity contribution in [2.45, 2.75) is 25.9 Å². The van der Waals surface area contributed by atoms with Gasteiger partial charge < -0.3 is 19.1 Å². The molecule has 8 nitrogen and oxygen atoms in total. The number of carbonyl (C=O) groups is 2. The number of carbonyl (C=O) groups excluding carboxylic acids is 2. The molecule has 2 rings (SSSR count). The van der Waals surface area contributed by atoms with E-state index in [0.717, 1.165) is 12.8 Å². The molecule has 1 aliphatic rings. The first-order chi connectivity index (χ1) is 10.6. The van der Waals surface area contributed by atoms with E-state index < -0.39 is 11.9 Å². The van der Waals surface area contributed by atoms with Crippen LogP contribution in [0.15, 0.2) is 12.4 Å². The van der Waals surface area contributed by atoms with Crippen molar-refractivity contribution in [3.8, 4) is 11.8 Å². The van der Waals surface area contributed by atoms with Gasteiger partial charge in [0, 0.05) is 6.54 Å². The van der Waals surface area contributed by atoms with Gasteiger partial charge in [0.1, 0.15) is 6.10 Å². The normalized spacial score (nSPS) is 17.7. The molecule has 1 saturated heterocycles. The van der Waals surface area contributed by atoms with Crippen molar-refractivity contribution in [3.05, 3.63) is 12.4 Å². The minimum Gasteiger partial charge on any atom is -0.480 e. The Hall–Kier alpha value is -2.38. The Morgan fingerprint density at radius 1 is 1.36 bits per heavy atom. The molecule has 0 radical (unpaired) electrons. The fourth-order valence-corrected chi connectivity index (χ4v) is 2.20. The lowest BCUT2D eigenvalue weighted by atomic mass is 10.1. The van der Waals surface area contributed by atoms with Crippen molar-refractivity contribution in [1.29, 1.82) is 0 Å². The molecule has 1 aromatic heterocycles. The summed E-state index contributed by atoms with van der Waals surface area (Å²) in [4.78, 5) is 33.0. The highest BCUT2D eigenvalue weighted by Gasteiger charge is 2.29. The molecular weight excluding hydrogens is 290 g/mol. The average Bonchev–Trinajstić information content (AvgIpc) is 2.55. The van der Waals surface area contributed by atoms with Crippen molar-refractivity contribution < 1.29 is 23.8 Å². The molecule has 0 saturated carbocycles. The number of aromatic nitrogens is 2. The van der Waals surface area contributed by atoms with Crippen LogP contribution in [-0.4, -0.2) is 59.7 Å². The van der Waals surface area contributed by atoms with E-state index in [1.54, 1.807) is 6.92 Å². The number of hydrogen-bond donors (Lipinski definition) is 0. The number of hydrogen-bond acceptors (Lipinski definition) is 7. The molecule has 1 atom stereocenters. The molecule has 2 heterocycles. The van der Waals surface area contributed by atoms with E-state index in [2.05, 4.69) is 9.97 Å². The van der Waals surface area contributed by atoms with Gasteiger partial charge in [0.2, 0.25) is 11.8 Å². The summed E-state index contributed by atoms with van der Waals surface area (Å²) in [5.74, 6) is -0.779. The molecule has 1 amide bonds. The van der Waals surface area contributed by atoms with E-state index in [0.29, 0.717) is 24.8 Å². The van der Waals surface area contributed by atoms with Crippen LogP contribution in [0.4, 0.5) is 0 Å². The third-order valence-corrected chi connectivity index (χ3v) is 3.20. The summed E-state index contributed by atoms with van der Waals surface area (Å²) in [5.41, 5.74) is 0. The van der Waals surface area contributed by atoms with Crippen LogP contribution in [-0.2, 0) is 14.3 Å². The molecule has 8 heteroatoms. The molecule has 1 fully saturated rings. The summed E-state index contributed by atoms with van der Waals surface area (Å²) < 4.78 is 15.4. The lowest BCUT2D eigenvalue weighted by Gasteiger charge is -2.31. The molecule has 0 N–H and O–H groups in total. The number of esters is 1. The van der Waals surface area contributed by atoms with Crippen molar-refractivity contribution in [2.75, 3.05) is 26.8 Å². The third-order valence-electron chi connectivity index (χ3n) is 3.20. The maximum Gasteiger partial charge on any atom is 0.397 e. The Kier molecular flexibility index (Phi) is 5.51. The van der Waals surface area contributed by atoms with Crippen LogP contribution in [0.2, 0.25) is 0 Å². The maximum absolute atomic E-state index is 11.9. The Morgan fingerprint density at radius 2 is 2.14 bits per heavy atom. The first-order valence-corrected chi connectivity index (χ1v) is 7.12. The van der Waals surface area contributed by atoms with Gasteiger partial charge in [-0.15, -0.1) is 0 Å². The molecule has 0 spiro atoms. The zero-order valence-electron chi connectivity index (χ0n) is 12.7. The zero-order valence-corrected chi connectivity index (χ0v) is 12.7. The summed E-state index contributed by atoms with van der Waals surface area (Å²) in [6.45, 7) is 2.67. The minimum absolute atomic E-state index is 0.178. The quantitative estimate of drug-likeness (QED) is 0.588. The monoisotopic (exact) mass is 309 g/mol. The molecular formula is C14H19N3O5. The highest BCUT2D eigenvalue weighted by atomic mass is 16.5. The van der Waals surface area contributed by atoms with Gasteiger partial charge in [-0.25, -0.2) is 4.79 Å². The molecule has 22 heavy (non-hydrogen) atoms. The summed E-state index contributed by atoms with van der Waals surface area (Å²) >= 11 is 0. The van der Waals surface area contributed by atoms with Crippen LogP contribution in [0.3, 0.4) is 0 Å². The van der Waals surface area contributed by atoms with Crippen LogP contribution in [0, 0.1) is 0 Å². The number of amides is 1. The number of methoxy groups -OCH3 is 1. The fraction of sp³-hybridized carbons (Fsp3) is 0.571. The molecule has 0 bridgehead atoms. The number of nitrogens with zero attached hydrogens (tertiary/aromatic N) is 3. The van der Waals surface area contributed by atoms with Crippen molar-refractivity contribution >= 4 is 11.9 Å². The van der Waals surface area contributed by atoms with Gasteiger partial charge in [-0.1, -0.05) is 0 Å². The van der Waals surface area contributed by atoms with Crippen molar-refractivity contribution in [2.24, 2.45) is 0 Å². The van der Waals surface area contributed by atoms with Crippen molar-refractivity contribution in [1.82, 2.24) is 14.9 Å². The number of ether oxygens (including phenoxy) is 3. The highest BCUT2D eigenvalue weighted by Crippen LogP contribution is 2.18. The van der Waals surface area contributed by atoms with Gasteiger partial charge in [-0.3, -0.25) is 9.78 Å². The molecule has 1 aromatic rings. The zero-order chi connectivity index (χ0) is 15.9. The Morgan fingerprint density at radius 3 is 2.86 bits per heavy atom. The van der Waals surface area contributed by atoms with Crippen LogP contribution >= 0.6 is 0 Å². The second-order valence-corrected chi connectivity index (χ2v) is 4.75. The van der Waals surface area contributed by atoms with E-state index >= 15 is 0 Å². The second-order valence-electron chi connectivity index (χ2n) is 4.75. The van der Waals surface area contributed by atoms with E-state index in [-0.39, 0.29) is 12.7 Å². The Labute approximate surface area is 128 Å². The van der Waals surface area contributed by atoms with E-state index in [1.165, 1.54) is 24.4 Å². The van der Waals surface area contributed by atoms with Gasteiger partial charge in [-0.2, -0.15) is 4.98 Å². The Balaban J connectivity index is 1.95. The maximum atomic E-state index is 11.9. The fourth-order valence-electron chi connectivity index (χ4n) is 2.20. The van der Waals surface area contributed by atoms with Gasteiger partial charge in [0.25, 0.3) is 0 Å². The summed E-state index contributed by atoms with van der Waals surface area (Å²) in [7, 11) is 1.49. The van der Waals surface area contributed by atoms with E-state index in [1.807, 2.05) is 0 Å². The van der Waals surface area contributed by atoms with Crippen LogP contribution < -0.4 is 9.47 Å². The largest absolute Gasteiger partial charge is 0.480 e. The van der Waals surface area contributed by atoms with Gasteiger partial charge >= 0.3 is 11.9 Å². The number of likely N-dealkylation sites (tertiary alicyclic amines) is 1. The van der Waals surface area contributed by atoms with Gasteiger partial charge in [-0.05, 0) is 19.8 Å². The van der Waals surface area contributed by atoms with Crippen LogP contribution in [0.25, 0.3) is 0 Å². The first-order valence-electron chi connectivity index (χ1n) is 7.12. The van der Waals surface area contributed by atoms with Gasteiger partial charge in [0.15, 0.2) is 0 Å². The van der Waals surface area contributed by atoms with Crippen LogP contribution in [0.1, 0.15) is 19.8 Å². The van der Waals surface area contributed by atoms with Crippen molar-refractivity contribution in [3.63, 3.8) is 0 Å². The number of piperidine rings is 1. The predicted octanol–water partition coefficient (Wildman–Crippen LogP) is 0.418. The van der Waals surface area contributed by atoms with Gasteiger partial charge in [0.05, 0.1) is 32.7 Å². The molecule has 1 unspecified atom stereocenters. The Bertz CT molecular complexity index is 537. The number of rotatable bonds is 4. The minimum atomic E-state index is -0.829. The second kappa shape index (κ2) is 7.58.